The number of ether oxygens (including phenoxy) is 2. The monoisotopic (exact) mass is 587 g/mol. The number of hydrogen-bond donors (Lipinski definition) is 1. The molecule has 222 valence electrons. The molecule has 2 atom stereocenters. The highest BCUT2D eigenvalue weighted by molar-refractivity contribution is 6.07. The Morgan fingerprint density at radius 2 is 1.95 bits per heavy atom. The average Bonchev–Trinajstić information content (AvgIpc) is 3.34. The number of anilines is 1. The van der Waals surface area contributed by atoms with Crippen molar-refractivity contribution in [2.75, 3.05) is 31.6 Å². The molecule has 0 radical (unpaired) electrons. The minimum Gasteiger partial charge on any atom is -0.479 e. The van der Waals surface area contributed by atoms with Gasteiger partial charge in [0.2, 0.25) is 5.76 Å². The summed E-state index contributed by atoms with van der Waals surface area (Å²) in [6.07, 6.45) is 1.59. The number of allylic oxidation sites excluding steroid dienone is 1. The molecule has 0 aromatic heterocycles. The first kappa shape index (κ1) is 28.5. The van der Waals surface area contributed by atoms with Gasteiger partial charge in [-0.05, 0) is 51.8 Å². The van der Waals surface area contributed by atoms with Crippen LogP contribution in [-0.2, 0) is 23.9 Å². The predicted molar refractivity (Wildman–Crippen MR) is 153 cm³/mol. The zero-order valence-corrected chi connectivity index (χ0v) is 24.5. The van der Waals surface area contributed by atoms with Gasteiger partial charge in [0, 0.05) is 47.1 Å². The topological polar surface area (TPSA) is 117 Å². The second-order valence-electron chi connectivity index (χ2n) is 12.1. The Kier molecular flexibility index (Phi) is 6.42. The van der Waals surface area contributed by atoms with Crippen molar-refractivity contribution in [2.45, 2.75) is 57.8 Å². The minimum atomic E-state index is -1.85. The fraction of sp³-hybridized carbons (Fsp3) is 0.406. The SMILES string of the molecule is CC[C@@]1(O)C(=C=O)OCC2=C1C=C1C3=C(CN1C2=C=O)N1CCC(N(C)C(=O)OC(C)(C)C)c2cc(F)cc(c21)C3=C=O. The summed E-state index contributed by atoms with van der Waals surface area (Å²) < 4.78 is 26.4. The zero-order valence-electron chi connectivity index (χ0n) is 24.5. The molecule has 0 fully saturated rings. The van der Waals surface area contributed by atoms with Gasteiger partial charge < -0.3 is 29.3 Å². The average molecular weight is 588 g/mol. The van der Waals surface area contributed by atoms with E-state index in [1.165, 1.54) is 17.0 Å². The Labute approximate surface area is 247 Å². The third-order valence-corrected chi connectivity index (χ3v) is 8.64. The highest BCUT2D eigenvalue weighted by atomic mass is 19.1. The van der Waals surface area contributed by atoms with Gasteiger partial charge >= 0.3 is 6.09 Å². The summed E-state index contributed by atoms with van der Waals surface area (Å²) in [5.41, 5.74) is 1.24. The van der Waals surface area contributed by atoms with Crippen LogP contribution in [-0.4, -0.2) is 76.8 Å². The maximum absolute atomic E-state index is 15.3. The number of carbonyl (C=O) groups is 1. The van der Waals surface area contributed by atoms with Crippen molar-refractivity contribution in [1.82, 2.24) is 9.80 Å². The molecule has 5 heterocycles. The molecule has 5 aliphatic rings. The summed E-state index contributed by atoms with van der Waals surface area (Å²) in [4.78, 5) is 54.9. The Balaban J connectivity index is 1.51. The van der Waals surface area contributed by atoms with E-state index >= 15 is 4.39 Å². The molecule has 1 aromatic carbocycles. The standard InChI is InChI=1S/C32H30FN3O7/c1-6-32(41)22-11-24-28-20(13-37)18-9-17(33)10-19-23(34(5)30(40)43-31(2,3)4)7-8-35(29(18)19)25(28)12-36(24)26(14-38)21(22)16-42-27(32)15-39/h9-11,23,41H,6-8,12,16H2,1-5H3/t23?,32-/m0/s1. The van der Waals surface area contributed by atoms with Gasteiger partial charge in [-0.15, -0.1) is 0 Å². The molecule has 0 aliphatic carbocycles. The first-order chi connectivity index (χ1) is 20.4. The number of hydrogen-bond acceptors (Lipinski definition) is 9. The van der Waals surface area contributed by atoms with E-state index in [2.05, 4.69) is 0 Å². The van der Waals surface area contributed by atoms with Gasteiger partial charge in [-0.25, -0.2) is 23.6 Å². The maximum Gasteiger partial charge on any atom is 0.410 e. The number of nitrogens with zero attached hydrogens (tertiary/aromatic N) is 3. The molecule has 6 rings (SSSR count). The lowest BCUT2D eigenvalue weighted by molar-refractivity contribution is 0.0210. The van der Waals surface area contributed by atoms with Crippen LogP contribution in [0.25, 0.3) is 5.57 Å². The lowest BCUT2D eigenvalue weighted by atomic mass is 9.79. The van der Waals surface area contributed by atoms with E-state index in [4.69, 9.17) is 9.47 Å². The summed E-state index contributed by atoms with van der Waals surface area (Å²) in [5, 5.41) is 11.5. The zero-order chi connectivity index (χ0) is 31.0. The Morgan fingerprint density at radius 3 is 2.58 bits per heavy atom. The van der Waals surface area contributed by atoms with Crippen molar-refractivity contribution in [2.24, 2.45) is 0 Å². The molecule has 1 aromatic rings. The molecule has 1 amide bonds. The number of halogens is 1. The van der Waals surface area contributed by atoms with Crippen molar-refractivity contribution >= 4 is 35.2 Å². The van der Waals surface area contributed by atoms with Gasteiger partial charge in [0.25, 0.3) is 0 Å². The third kappa shape index (κ3) is 4.05. The first-order valence-corrected chi connectivity index (χ1v) is 14.0. The number of aliphatic hydroxyl groups is 1. The molecule has 10 nitrogen and oxygen atoms in total. The summed E-state index contributed by atoms with van der Waals surface area (Å²) in [7, 11) is 1.60. The van der Waals surface area contributed by atoms with Crippen LogP contribution in [0.15, 0.2) is 57.8 Å². The second kappa shape index (κ2) is 9.69. The van der Waals surface area contributed by atoms with Gasteiger partial charge in [0.1, 0.15) is 29.7 Å². The van der Waals surface area contributed by atoms with Gasteiger partial charge in [-0.2, -0.15) is 0 Å². The molecule has 0 saturated heterocycles. The molecule has 43 heavy (non-hydrogen) atoms. The molecule has 1 N–H and O–H groups in total. The van der Waals surface area contributed by atoms with E-state index in [0.717, 1.165) is 0 Å². The number of rotatable bonds is 2. The van der Waals surface area contributed by atoms with E-state index in [-0.39, 0.29) is 42.2 Å². The van der Waals surface area contributed by atoms with Crippen LogP contribution in [0.5, 0.6) is 0 Å². The largest absolute Gasteiger partial charge is 0.479 e. The van der Waals surface area contributed by atoms with Crippen molar-refractivity contribution in [3.63, 3.8) is 0 Å². The van der Waals surface area contributed by atoms with Crippen LogP contribution in [0.1, 0.15) is 57.7 Å². The lowest BCUT2D eigenvalue weighted by Gasteiger charge is -2.43. The van der Waals surface area contributed by atoms with Gasteiger partial charge in [0.05, 0.1) is 29.5 Å². The minimum absolute atomic E-state index is 0.0602. The van der Waals surface area contributed by atoms with Gasteiger partial charge in [-0.3, -0.25) is 0 Å². The van der Waals surface area contributed by atoms with E-state index in [9.17, 15) is 24.3 Å². The molecule has 0 saturated carbocycles. The van der Waals surface area contributed by atoms with Crippen LogP contribution < -0.4 is 4.90 Å². The Morgan fingerprint density at radius 1 is 1.21 bits per heavy atom. The van der Waals surface area contributed by atoms with E-state index in [1.54, 1.807) is 51.7 Å². The van der Waals surface area contributed by atoms with Crippen LogP contribution in [0.3, 0.4) is 0 Å². The van der Waals surface area contributed by atoms with Crippen LogP contribution in [0.4, 0.5) is 14.9 Å². The van der Waals surface area contributed by atoms with Crippen LogP contribution >= 0.6 is 0 Å². The highest BCUT2D eigenvalue weighted by Gasteiger charge is 2.50. The smallest absolute Gasteiger partial charge is 0.410 e. The van der Waals surface area contributed by atoms with Crippen LogP contribution in [0, 0.1) is 5.82 Å². The Bertz CT molecular complexity index is 1750. The fourth-order valence-corrected chi connectivity index (χ4v) is 6.69. The van der Waals surface area contributed by atoms with Crippen molar-refractivity contribution in [3.05, 3.63) is 74.7 Å². The van der Waals surface area contributed by atoms with Gasteiger partial charge in [0.15, 0.2) is 17.5 Å². The molecular weight excluding hydrogens is 557 g/mol. The third-order valence-electron chi connectivity index (χ3n) is 8.64. The van der Waals surface area contributed by atoms with E-state index in [0.29, 0.717) is 52.3 Å². The van der Waals surface area contributed by atoms with Crippen molar-refractivity contribution in [1.29, 1.82) is 0 Å². The van der Waals surface area contributed by atoms with E-state index in [1.807, 2.05) is 16.8 Å². The van der Waals surface area contributed by atoms with Crippen LogP contribution in [0.2, 0.25) is 0 Å². The molecule has 11 heteroatoms. The predicted octanol–water partition coefficient (Wildman–Crippen LogP) is 3.54. The Hall–Kier alpha value is -4.65. The number of benzene rings is 1. The summed E-state index contributed by atoms with van der Waals surface area (Å²) in [5.74, 6) is 4.78. The summed E-state index contributed by atoms with van der Waals surface area (Å²) >= 11 is 0. The molecule has 1 unspecified atom stereocenters. The molecule has 0 bridgehead atoms. The number of amides is 1. The van der Waals surface area contributed by atoms with Crippen molar-refractivity contribution < 1.29 is 38.1 Å². The molecule has 0 spiro atoms. The first-order valence-electron chi connectivity index (χ1n) is 14.0. The second-order valence-corrected chi connectivity index (χ2v) is 12.1. The van der Waals surface area contributed by atoms with Crippen molar-refractivity contribution in [3.8, 4) is 0 Å². The lowest BCUT2D eigenvalue weighted by Crippen LogP contribution is -2.43. The molecular formula is C32H30FN3O7. The highest BCUT2D eigenvalue weighted by Crippen LogP contribution is 2.55. The summed E-state index contributed by atoms with van der Waals surface area (Å²) in [6, 6.07) is 2.11. The fourth-order valence-electron chi connectivity index (χ4n) is 6.69. The summed E-state index contributed by atoms with van der Waals surface area (Å²) in [6.45, 7) is 7.42. The van der Waals surface area contributed by atoms with Gasteiger partial charge in [-0.1, -0.05) is 6.92 Å². The maximum atomic E-state index is 15.3. The van der Waals surface area contributed by atoms with E-state index < -0.39 is 29.2 Å². The quantitative estimate of drug-likeness (QED) is 0.519. The number of carbonyl (C=O) groups excluding carboxylic acids is 4. The molecule has 5 aliphatic heterocycles. The number of fused-ring (bicyclic) bond motifs is 3. The normalized spacial score (nSPS) is 23.7.